The van der Waals surface area contributed by atoms with Crippen LogP contribution in [-0.2, 0) is 14.3 Å². The maximum absolute atomic E-state index is 11.1. The molecule has 1 aliphatic heterocycles. The van der Waals surface area contributed by atoms with Gasteiger partial charge in [0, 0.05) is 11.0 Å². The third-order valence-electron chi connectivity index (χ3n) is 3.16. The van der Waals surface area contributed by atoms with Gasteiger partial charge < -0.3 is 9.47 Å². The summed E-state index contributed by atoms with van der Waals surface area (Å²) >= 11 is 0. The van der Waals surface area contributed by atoms with Crippen molar-refractivity contribution in [1.29, 1.82) is 0 Å². The van der Waals surface area contributed by atoms with E-state index in [0.717, 1.165) is 26.1 Å². The van der Waals surface area contributed by atoms with E-state index in [1.807, 2.05) is 0 Å². The first-order chi connectivity index (χ1) is 8.03. The molecule has 3 nitrogen and oxygen atoms in total. The average molecular weight is 240 g/mol. The maximum atomic E-state index is 11.1. The van der Waals surface area contributed by atoms with E-state index >= 15 is 0 Å². The van der Waals surface area contributed by atoms with Gasteiger partial charge in [-0.25, -0.2) is 4.79 Å². The highest BCUT2D eigenvalue weighted by Crippen LogP contribution is 2.32. The van der Waals surface area contributed by atoms with Gasteiger partial charge in [-0.1, -0.05) is 32.8 Å². The highest BCUT2D eigenvalue weighted by atomic mass is 16.5. The summed E-state index contributed by atoms with van der Waals surface area (Å²) in [4.78, 5) is 11.1. The van der Waals surface area contributed by atoms with Crippen LogP contribution in [0.5, 0.6) is 0 Å². The van der Waals surface area contributed by atoms with E-state index in [-0.39, 0.29) is 5.97 Å². The predicted molar refractivity (Wildman–Crippen MR) is 67.8 cm³/mol. The molecule has 98 valence electrons. The van der Waals surface area contributed by atoms with Crippen molar-refractivity contribution >= 4 is 5.97 Å². The Labute approximate surface area is 104 Å². The second-order valence-electron chi connectivity index (χ2n) is 5.38. The fourth-order valence-electron chi connectivity index (χ4n) is 1.89. The maximum Gasteiger partial charge on any atom is 0.333 e. The largest absolute Gasteiger partial charge is 0.462 e. The van der Waals surface area contributed by atoms with Gasteiger partial charge in [0.25, 0.3) is 0 Å². The molecule has 1 heterocycles. The molecule has 0 unspecified atom stereocenters. The van der Waals surface area contributed by atoms with Crippen LogP contribution in [0.15, 0.2) is 12.2 Å². The molecular formula is C14H24O3. The van der Waals surface area contributed by atoms with Crippen molar-refractivity contribution in [3.63, 3.8) is 0 Å². The van der Waals surface area contributed by atoms with Gasteiger partial charge in [-0.3, -0.25) is 0 Å². The summed E-state index contributed by atoms with van der Waals surface area (Å²) in [7, 11) is 0. The standard InChI is InChI=1S/C14H24O3/c1-12(2)13(15)17-9-7-5-4-6-8-14(3)10-16-11-14/h1,4-11H2,2-3H3. The number of esters is 1. The molecule has 1 fully saturated rings. The van der Waals surface area contributed by atoms with E-state index in [9.17, 15) is 4.79 Å². The minimum Gasteiger partial charge on any atom is -0.462 e. The fraction of sp³-hybridized carbons (Fsp3) is 0.786. The average Bonchev–Trinajstić information content (AvgIpc) is 2.24. The molecular weight excluding hydrogens is 216 g/mol. The lowest BCUT2D eigenvalue weighted by molar-refractivity contribution is -0.139. The summed E-state index contributed by atoms with van der Waals surface area (Å²) in [5, 5.41) is 0. The van der Waals surface area contributed by atoms with Gasteiger partial charge in [0.15, 0.2) is 0 Å². The zero-order valence-corrected chi connectivity index (χ0v) is 11.1. The number of ether oxygens (including phenoxy) is 2. The molecule has 0 radical (unpaired) electrons. The molecule has 0 bridgehead atoms. The first-order valence-corrected chi connectivity index (χ1v) is 6.44. The van der Waals surface area contributed by atoms with Crippen molar-refractivity contribution in [3.05, 3.63) is 12.2 Å². The molecule has 1 rings (SSSR count). The van der Waals surface area contributed by atoms with E-state index in [4.69, 9.17) is 9.47 Å². The molecule has 0 aliphatic carbocycles. The zero-order valence-electron chi connectivity index (χ0n) is 11.1. The van der Waals surface area contributed by atoms with Gasteiger partial charge in [-0.2, -0.15) is 0 Å². The first kappa shape index (κ1) is 14.2. The Bertz CT molecular complexity index is 267. The Balaban J connectivity index is 1.87. The Kier molecular flexibility index (Phi) is 5.69. The van der Waals surface area contributed by atoms with Crippen LogP contribution in [0.4, 0.5) is 0 Å². The minimum absolute atomic E-state index is 0.274. The van der Waals surface area contributed by atoms with Crippen LogP contribution >= 0.6 is 0 Å². The molecule has 0 aromatic heterocycles. The highest BCUT2D eigenvalue weighted by molar-refractivity contribution is 5.86. The van der Waals surface area contributed by atoms with Crippen molar-refractivity contribution in [1.82, 2.24) is 0 Å². The molecule has 0 atom stereocenters. The van der Waals surface area contributed by atoms with E-state index in [0.29, 0.717) is 17.6 Å². The smallest absolute Gasteiger partial charge is 0.333 e. The fourth-order valence-corrected chi connectivity index (χ4v) is 1.89. The molecule has 17 heavy (non-hydrogen) atoms. The topological polar surface area (TPSA) is 35.5 Å². The van der Waals surface area contributed by atoms with Gasteiger partial charge in [0.2, 0.25) is 0 Å². The van der Waals surface area contributed by atoms with E-state index < -0.39 is 0 Å². The summed E-state index contributed by atoms with van der Waals surface area (Å²) in [5.74, 6) is -0.274. The van der Waals surface area contributed by atoms with Crippen LogP contribution in [0.3, 0.4) is 0 Å². The lowest BCUT2D eigenvalue weighted by Crippen LogP contribution is -2.39. The quantitative estimate of drug-likeness (QED) is 0.371. The molecule has 3 heteroatoms. The van der Waals surface area contributed by atoms with Crippen LogP contribution in [-0.4, -0.2) is 25.8 Å². The molecule has 0 saturated carbocycles. The van der Waals surface area contributed by atoms with Crippen LogP contribution in [0.1, 0.15) is 46.0 Å². The summed E-state index contributed by atoms with van der Waals surface area (Å²) in [6.07, 6.45) is 5.78. The Morgan fingerprint density at radius 2 is 1.94 bits per heavy atom. The van der Waals surface area contributed by atoms with Gasteiger partial charge >= 0.3 is 5.97 Å². The number of rotatable bonds is 8. The summed E-state index contributed by atoms with van der Waals surface area (Å²) in [6.45, 7) is 9.85. The summed E-state index contributed by atoms with van der Waals surface area (Å²) in [5.41, 5.74) is 0.912. The molecule has 0 amide bonds. The molecule has 1 saturated heterocycles. The van der Waals surface area contributed by atoms with Crippen molar-refractivity contribution in [2.24, 2.45) is 5.41 Å². The molecule has 1 aliphatic rings. The number of hydrogen-bond acceptors (Lipinski definition) is 3. The monoisotopic (exact) mass is 240 g/mol. The van der Waals surface area contributed by atoms with Gasteiger partial charge in [-0.15, -0.1) is 0 Å². The van der Waals surface area contributed by atoms with Crippen molar-refractivity contribution < 1.29 is 14.3 Å². The number of carbonyl (C=O) groups is 1. The van der Waals surface area contributed by atoms with Gasteiger partial charge in [-0.05, 0) is 19.8 Å². The Morgan fingerprint density at radius 1 is 1.29 bits per heavy atom. The third-order valence-corrected chi connectivity index (χ3v) is 3.16. The lowest BCUT2D eigenvalue weighted by Gasteiger charge is -2.38. The van der Waals surface area contributed by atoms with Crippen LogP contribution in [0, 0.1) is 5.41 Å². The van der Waals surface area contributed by atoms with Gasteiger partial charge in [0.1, 0.15) is 0 Å². The van der Waals surface area contributed by atoms with Gasteiger partial charge in [0.05, 0.1) is 19.8 Å². The highest BCUT2D eigenvalue weighted by Gasteiger charge is 2.32. The van der Waals surface area contributed by atoms with E-state index in [2.05, 4.69) is 13.5 Å². The molecule has 0 aromatic rings. The normalized spacial score (nSPS) is 17.3. The first-order valence-electron chi connectivity index (χ1n) is 6.44. The Hall–Kier alpha value is -0.830. The molecule has 0 N–H and O–H groups in total. The van der Waals surface area contributed by atoms with Crippen LogP contribution in [0.25, 0.3) is 0 Å². The predicted octanol–water partition coefficient (Wildman–Crippen LogP) is 3.09. The molecule has 0 spiro atoms. The second-order valence-corrected chi connectivity index (χ2v) is 5.38. The van der Waals surface area contributed by atoms with E-state index in [1.54, 1.807) is 6.92 Å². The van der Waals surface area contributed by atoms with Crippen molar-refractivity contribution in [3.8, 4) is 0 Å². The van der Waals surface area contributed by atoms with Crippen molar-refractivity contribution in [2.75, 3.05) is 19.8 Å². The number of unbranched alkanes of at least 4 members (excludes halogenated alkanes) is 3. The number of hydrogen-bond donors (Lipinski definition) is 0. The van der Waals surface area contributed by atoms with Crippen LogP contribution < -0.4 is 0 Å². The second kappa shape index (κ2) is 6.80. The zero-order chi connectivity index (χ0) is 12.7. The van der Waals surface area contributed by atoms with Crippen molar-refractivity contribution in [2.45, 2.75) is 46.0 Å². The molecule has 0 aromatic carbocycles. The summed E-state index contributed by atoms with van der Waals surface area (Å²) < 4.78 is 10.2. The summed E-state index contributed by atoms with van der Waals surface area (Å²) in [6, 6.07) is 0. The SMILES string of the molecule is C=C(C)C(=O)OCCCCCCC1(C)COC1. The van der Waals surface area contributed by atoms with E-state index in [1.165, 1.54) is 19.3 Å². The third kappa shape index (κ3) is 5.35. The minimum atomic E-state index is -0.274. The Morgan fingerprint density at radius 3 is 2.47 bits per heavy atom. The lowest BCUT2D eigenvalue weighted by atomic mass is 9.83. The van der Waals surface area contributed by atoms with Crippen LogP contribution in [0.2, 0.25) is 0 Å². The number of carbonyl (C=O) groups excluding carboxylic acids is 1.